The zero-order valence-corrected chi connectivity index (χ0v) is 7.95. The standard InChI is InChI=1S/C9H17NO3/c1-13-6-8(9(11)12)7-2-4-10-5-3-7/h7-8,10H,2-6H2,1H3,(H,11,12). The molecular weight excluding hydrogens is 170 g/mol. The molecule has 0 aromatic heterocycles. The van der Waals surface area contributed by atoms with Crippen LogP contribution < -0.4 is 5.32 Å². The molecule has 1 saturated heterocycles. The van der Waals surface area contributed by atoms with E-state index >= 15 is 0 Å². The number of methoxy groups -OCH3 is 1. The predicted octanol–water partition coefficient (Wildman–Crippen LogP) is 0.333. The highest BCUT2D eigenvalue weighted by Gasteiger charge is 2.28. The molecule has 1 fully saturated rings. The number of rotatable bonds is 4. The van der Waals surface area contributed by atoms with Crippen molar-refractivity contribution < 1.29 is 14.6 Å². The van der Waals surface area contributed by atoms with Gasteiger partial charge in [0.1, 0.15) is 0 Å². The van der Waals surface area contributed by atoms with Crippen LogP contribution >= 0.6 is 0 Å². The van der Waals surface area contributed by atoms with Crippen molar-refractivity contribution in [3.8, 4) is 0 Å². The van der Waals surface area contributed by atoms with Crippen LogP contribution in [0.4, 0.5) is 0 Å². The minimum Gasteiger partial charge on any atom is -0.481 e. The zero-order chi connectivity index (χ0) is 9.68. The highest BCUT2D eigenvalue weighted by molar-refractivity contribution is 5.70. The zero-order valence-electron chi connectivity index (χ0n) is 7.95. The molecule has 0 spiro atoms. The fraction of sp³-hybridized carbons (Fsp3) is 0.889. The number of carboxylic acid groups (broad SMARTS) is 1. The Kier molecular flexibility index (Phi) is 4.18. The predicted molar refractivity (Wildman–Crippen MR) is 48.6 cm³/mol. The molecule has 0 amide bonds. The van der Waals surface area contributed by atoms with E-state index in [4.69, 9.17) is 9.84 Å². The molecule has 76 valence electrons. The molecule has 13 heavy (non-hydrogen) atoms. The van der Waals surface area contributed by atoms with Gasteiger partial charge in [-0.2, -0.15) is 0 Å². The number of carboxylic acids is 1. The second kappa shape index (κ2) is 5.19. The Bertz CT molecular complexity index is 166. The lowest BCUT2D eigenvalue weighted by atomic mass is 9.85. The molecule has 0 aromatic rings. The minimum absolute atomic E-state index is 0.277. The van der Waals surface area contributed by atoms with Gasteiger partial charge in [-0.1, -0.05) is 0 Å². The molecular formula is C9H17NO3. The molecule has 0 bridgehead atoms. The van der Waals surface area contributed by atoms with Crippen LogP contribution in [0.15, 0.2) is 0 Å². The summed E-state index contributed by atoms with van der Waals surface area (Å²) in [4.78, 5) is 10.9. The van der Waals surface area contributed by atoms with E-state index in [2.05, 4.69) is 5.32 Å². The molecule has 1 unspecified atom stereocenters. The van der Waals surface area contributed by atoms with Crippen LogP contribution in [0.5, 0.6) is 0 Å². The van der Waals surface area contributed by atoms with Crippen molar-refractivity contribution in [1.29, 1.82) is 0 Å². The second-order valence-corrected chi connectivity index (χ2v) is 3.49. The van der Waals surface area contributed by atoms with Crippen molar-refractivity contribution in [1.82, 2.24) is 5.32 Å². The van der Waals surface area contributed by atoms with E-state index in [1.807, 2.05) is 0 Å². The Balaban J connectivity index is 2.46. The quantitative estimate of drug-likeness (QED) is 0.666. The van der Waals surface area contributed by atoms with E-state index in [1.54, 1.807) is 7.11 Å². The molecule has 0 aromatic carbocycles. The highest BCUT2D eigenvalue weighted by atomic mass is 16.5. The Morgan fingerprint density at radius 3 is 2.69 bits per heavy atom. The summed E-state index contributed by atoms with van der Waals surface area (Å²) >= 11 is 0. The molecule has 4 heteroatoms. The first kappa shape index (κ1) is 10.5. The van der Waals surface area contributed by atoms with Gasteiger partial charge in [0.25, 0.3) is 0 Å². The van der Waals surface area contributed by atoms with Gasteiger partial charge in [-0.3, -0.25) is 4.79 Å². The number of hydrogen-bond acceptors (Lipinski definition) is 3. The van der Waals surface area contributed by atoms with E-state index in [0.717, 1.165) is 25.9 Å². The largest absolute Gasteiger partial charge is 0.481 e. The van der Waals surface area contributed by atoms with Crippen molar-refractivity contribution in [2.24, 2.45) is 11.8 Å². The van der Waals surface area contributed by atoms with Crippen LogP contribution in [0.25, 0.3) is 0 Å². The molecule has 1 aliphatic rings. The van der Waals surface area contributed by atoms with Gasteiger partial charge < -0.3 is 15.2 Å². The SMILES string of the molecule is COCC(C(=O)O)C1CCNCC1. The number of piperidine rings is 1. The summed E-state index contributed by atoms with van der Waals surface area (Å²) < 4.78 is 4.92. The molecule has 0 aliphatic carbocycles. The van der Waals surface area contributed by atoms with Crippen LogP contribution in [-0.4, -0.2) is 37.9 Å². The smallest absolute Gasteiger partial charge is 0.309 e. The number of nitrogens with one attached hydrogen (secondary N) is 1. The van der Waals surface area contributed by atoms with Crippen molar-refractivity contribution >= 4 is 5.97 Å². The topological polar surface area (TPSA) is 58.6 Å². The molecule has 0 radical (unpaired) electrons. The van der Waals surface area contributed by atoms with Gasteiger partial charge in [0.2, 0.25) is 0 Å². The fourth-order valence-corrected chi connectivity index (χ4v) is 1.84. The van der Waals surface area contributed by atoms with Crippen LogP contribution in [0.3, 0.4) is 0 Å². The van der Waals surface area contributed by atoms with Gasteiger partial charge in [0.15, 0.2) is 0 Å². The summed E-state index contributed by atoms with van der Waals surface area (Å²) in [5, 5.41) is 12.2. The van der Waals surface area contributed by atoms with E-state index in [-0.39, 0.29) is 11.8 Å². The lowest BCUT2D eigenvalue weighted by molar-refractivity contribution is -0.146. The maximum Gasteiger partial charge on any atom is 0.309 e. The Labute approximate surface area is 78.3 Å². The third-order valence-corrected chi connectivity index (χ3v) is 2.62. The summed E-state index contributed by atoms with van der Waals surface area (Å²) in [5.41, 5.74) is 0. The summed E-state index contributed by atoms with van der Waals surface area (Å²) in [5.74, 6) is -0.778. The average molecular weight is 187 g/mol. The van der Waals surface area contributed by atoms with Crippen molar-refractivity contribution in [3.05, 3.63) is 0 Å². The van der Waals surface area contributed by atoms with E-state index in [0.29, 0.717) is 6.61 Å². The van der Waals surface area contributed by atoms with Crippen LogP contribution in [0, 0.1) is 11.8 Å². The Morgan fingerprint density at radius 2 is 2.23 bits per heavy atom. The van der Waals surface area contributed by atoms with Crippen molar-refractivity contribution in [2.45, 2.75) is 12.8 Å². The summed E-state index contributed by atoms with van der Waals surface area (Å²) in [6, 6.07) is 0. The van der Waals surface area contributed by atoms with E-state index in [9.17, 15) is 4.79 Å². The van der Waals surface area contributed by atoms with Gasteiger partial charge in [-0.05, 0) is 31.8 Å². The summed E-state index contributed by atoms with van der Waals surface area (Å²) in [6.07, 6.45) is 1.89. The molecule has 0 saturated carbocycles. The molecule has 2 N–H and O–H groups in total. The number of aliphatic carboxylic acids is 1. The van der Waals surface area contributed by atoms with Crippen LogP contribution in [0.2, 0.25) is 0 Å². The first-order valence-electron chi connectivity index (χ1n) is 4.68. The second-order valence-electron chi connectivity index (χ2n) is 3.49. The molecule has 4 nitrogen and oxygen atoms in total. The number of hydrogen-bond donors (Lipinski definition) is 2. The average Bonchev–Trinajstić information content (AvgIpc) is 2.15. The van der Waals surface area contributed by atoms with Crippen molar-refractivity contribution in [2.75, 3.05) is 26.8 Å². The van der Waals surface area contributed by atoms with Crippen molar-refractivity contribution in [3.63, 3.8) is 0 Å². The lowest BCUT2D eigenvalue weighted by Gasteiger charge is -2.27. The maximum atomic E-state index is 10.9. The molecule has 1 heterocycles. The van der Waals surface area contributed by atoms with E-state index in [1.165, 1.54) is 0 Å². The summed E-state index contributed by atoms with van der Waals surface area (Å²) in [6.45, 7) is 2.19. The number of ether oxygens (including phenoxy) is 1. The maximum absolute atomic E-state index is 10.9. The van der Waals surface area contributed by atoms with Gasteiger partial charge in [0, 0.05) is 7.11 Å². The monoisotopic (exact) mass is 187 g/mol. The lowest BCUT2D eigenvalue weighted by Crippen LogP contribution is -2.36. The highest BCUT2D eigenvalue weighted by Crippen LogP contribution is 2.22. The van der Waals surface area contributed by atoms with Gasteiger partial charge in [-0.25, -0.2) is 0 Å². The Morgan fingerprint density at radius 1 is 1.62 bits per heavy atom. The fourth-order valence-electron chi connectivity index (χ4n) is 1.84. The first-order chi connectivity index (χ1) is 6.25. The molecule has 1 rings (SSSR count). The minimum atomic E-state index is -0.728. The van der Waals surface area contributed by atoms with Gasteiger partial charge in [-0.15, -0.1) is 0 Å². The third kappa shape index (κ3) is 2.97. The number of carbonyl (C=O) groups is 1. The Hall–Kier alpha value is -0.610. The first-order valence-corrected chi connectivity index (χ1v) is 4.68. The van der Waals surface area contributed by atoms with Gasteiger partial charge in [0.05, 0.1) is 12.5 Å². The normalized spacial score (nSPS) is 21.3. The van der Waals surface area contributed by atoms with Gasteiger partial charge >= 0.3 is 5.97 Å². The molecule has 1 aliphatic heterocycles. The van der Waals surface area contributed by atoms with Crippen LogP contribution in [0.1, 0.15) is 12.8 Å². The van der Waals surface area contributed by atoms with Crippen LogP contribution in [-0.2, 0) is 9.53 Å². The van der Waals surface area contributed by atoms with E-state index < -0.39 is 5.97 Å². The third-order valence-electron chi connectivity index (χ3n) is 2.62. The molecule has 1 atom stereocenters. The summed E-state index contributed by atoms with van der Waals surface area (Å²) in [7, 11) is 1.55.